The second-order valence-corrected chi connectivity index (χ2v) is 3.51. The molecule has 1 aromatic carbocycles. The highest BCUT2D eigenvalue weighted by molar-refractivity contribution is 5.67. The summed E-state index contributed by atoms with van der Waals surface area (Å²) in [7, 11) is 0. The maximum Gasteiger partial charge on any atom is 0.303 e. The number of hydrogen-bond donors (Lipinski definition) is 2. The normalized spacial score (nSPS) is 14.7. The molecule has 3 heteroatoms. The molecular formula is C11H15NO2. The van der Waals surface area contributed by atoms with Gasteiger partial charge >= 0.3 is 5.97 Å². The van der Waals surface area contributed by atoms with Gasteiger partial charge in [-0.3, -0.25) is 4.79 Å². The van der Waals surface area contributed by atoms with E-state index in [4.69, 9.17) is 10.8 Å². The predicted octanol–water partition coefficient (Wildman–Crippen LogP) is 1.80. The summed E-state index contributed by atoms with van der Waals surface area (Å²) in [6.07, 6.45) is 0.107. The number of hydrogen-bond acceptors (Lipinski definition) is 2. The topological polar surface area (TPSA) is 63.3 Å². The van der Waals surface area contributed by atoms with Crippen LogP contribution in [0.4, 0.5) is 0 Å². The molecule has 0 saturated carbocycles. The van der Waals surface area contributed by atoms with Gasteiger partial charge in [-0.1, -0.05) is 37.3 Å². The van der Waals surface area contributed by atoms with Gasteiger partial charge in [0.1, 0.15) is 0 Å². The smallest absolute Gasteiger partial charge is 0.303 e. The van der Waals surface area contributed by atoms with Crippen LogP contribution in [-0.2, 0) is 4.79 Å². The Morgan fingerprint density at radius 1 is 1.43 bits per heavy atom. The highest BCUT2D eigenvalue weighted by atomic mass is 16.4. The lowest BCUT2D eigenvalue weighted by Crippen LogP contribution is -2.21. The van der Waals surface area contributed by atoms with Crippen LogP contribution in [0.5, 0.6) is 0 Å². The highest BCUT2D eigenvalue weighted by Crippen LogP contribution is 2.21. The molecule has 0 aliphatic heterocycles. The molecule has 1 aromatic rings. The molecule has 0 aromatic heterocycles. The second-order valence-electron chi connectivity index (χ2n) is 3.51. The number of carboxylic acids is 1. The molecule has 0 radical (unpaired) electrons. The number of carboxylic acid groups (broad SMARTS) is 1. The number of benzene rings is 1. The van der Waals surface area contributed by atoms with Crippen molar-refractivity contribution >= 4 is 5.97 Å². The minimum atomic E-state index is -0.802. The number of carbonyl (C=O) groups is 1. The predicted molar refractivity (Wildman–Crippen MR) is 54.8 cm³/mol. The molecule has 14 heavy (non-hydrogen) atoms. The Balaban J connectivity index is 2.65. The van der Waals surface area contributed by atoms with Crippen LogP contribution in [0.1, 0.15) is 24.9 Å². The zero-order valence-electron chi connectivity index (χ0n) is 8.18. The van der Waals surface area contributed by atoms with Crippen molar-refractivity contribution in [1.29, 1.82) is 0 Å². The molecule has 76 valence electrons. The second kappa shape index (κ2) is 4.77. The number of aliphatic carboxylic acids is 1. The molecule has 2 unspecified atom stereocenters. The van der Waals surface area contributed by atoms with Crippen molar-refractivity contribution in [2.45, 2.75) is 19.4 Å². The Morgan fingerprint density at radius 2 is 2.00 bits per heavy atom. The maximum absolute atomic E-state index is 10.5. The van der Waals surface area contributed by atoms with Crippen LogP contribution in [0.15, 0.2) is 30.3 Å². The minimum Gasteiger partial charge on any atom is -0.481 e. The van der Waals surface area contributed by atoms with Gasteiger partial charge in [0.15, 0.2) is 0 Å². The van der Waals surface area contributed by atoms with Gasteiger partial charge in [0, 0.05) is 12.5 Å². The van der Waals surface area contributed by atoms with Gasteiger partial charge in [-0.15, -0.1) is 0 Å². The number of rotatable bonds is 4. The van der Waals surface area contributed by atoms with Crippen molar-refractivity contribution in [2.24, 2.45) is 11.7 Å². The van der Waals surface area contributed by atoms with Crippen LogP contribution in [0.2, 0.25) is 0 Å². The molecule has 0 saturated heterocycles. The molecule has 0 heterocycles. The number of nitrogens with two attached hydrogens (primary N) is 1. The van der Waals surface area contributed by atoms with Crippen LogP contribution < -0.4 is 5.73 Å². The van der Waals surface area contributed by atoms with Crippen molar-refractivity contribution in [1.82, 2.24) is 0 Å². The third-order valence-electron chi connectivity index (χ3n) is 2.29. The van der Waals surface area contributed by atoms with Gasteiger partial charge in [-0.05, 0) is 11.5 Å². The van der Waals surface area contributed by atoms with Crippen molar-refractivity contribution in [3.8, 4) is 0 Å². The Morgan fingerprint density at radius 3 is 2.50 bits per heavy atom. The van der Waals surface area contributed by atoms with E-state index < -0.39 is 5.97 Å². The standard InChI is InChI=1S/C11H15NO2/c1-8(7-10(13)14)11(12)9-5-3-2-4-6-9/h2-6,8,11H,7,12H2,1H3,(H,13,14). The van der Waals surface area contributed by atoms with Crippen LogP contribution in [0, 0.1) is 5.92 Å². The Labute approximate surface area is 83.6 Å². The lowest BCUT2D eigenvalue weighted by atomic mass is 9.93. The van der Waals surface area contributed by atoms with Gasteiger partial charge in [-0.25, -0.2) is 0 Å². The SMILES string of the molecule is CC(CC(=O)O)C(N)c1ccccc1. The van der Waals surface area contributed by atoms with Gasteiger partial charge in [0.05, 0.1) is 0 Å². The monoisotopic (exact) mass is 193 g/mol. The molecule has 3 nitrogen and oxygen atoms in total. The molecular weight excluding hydrogens is 178 g/mol. The largest absolute Gasteiger partial charge is 0.481 e. The van der Waals surface area contributed by atoms with E-state index in [0.29, 0.717) is 0 Å². The van der Waals surface area contributed by atoms with E-state index in [1.165, 1.54) is 0 Å². The van der Waals surface area contributed by atoms with Crippen LogP contribution in [0.3, 0.4) is 0 Å². The molecule has 3 N–H and O–H groups in total. The fourth-order valence-electron chi connectivity index (χ4n) is 1.41. The van der Waals surface area contributed by atoms with Gasteiger partial charge in [0.2, 0.25) is 0 Å². The zero-order valence-corrected chi connectivity index (χ0v) is 8.18. The first-order chi connectivity index (χ1) is 6.61. The fourth-order valence-corrected chi connectivity index (χ4v) is 1.41. The highest BCUT2D eigenvalue weighted by Gasteiger charge is 2.17. The molecule has 0 bridgehead atoms. The van der Waals surface area contributed by atoms with Crippen LogP contribution in [-0.4, -0.2) is 11.1 Å². The summed E-state index contributed by atoms with van der Waals surface area (Å²) in [5.74, 6) is -0.848. The van der Waals surface area contributed by atoms with E-state index in [0.717, 1.165) is 5.56 Å². The maximum atomic E-state index is 10.5. The van der Waals surface area contributed by atoms with E-state index >= 15 is 0 Å². The van der Waals surface area contributed by atoms with Crippen molar-refractivity contribution in [2.75, 3.05) is 0 Å². The van der Waals surface area contributed by atoms with Crippen molar-refractivity contribution in [3.05, 3.63) is 35.9 Å². The van der Waals surface area contributed by atoms with Gasteiger partial charge in [-0.2, -0.15) is 0 Å². The Kier molecular flexibility index (Phi) is 3.65. The molecule has 2 atom stereocenters. The molecule has 0 aliphatic rings. The minimum absolute atomic E-state index is 0.0464. The average Bonchev–Trinajstić information content (AvgIpc) is 2.17. The van der Waals surface area contributed by atoms with Crippen LogP contribution >= 0.6 is 0 Å². The van der Waals surface area contributed by atoms with Gasteiger partial charge in [0.25, 0.3) is 0 Å². The quantitative estimate of drug-likeness (QED) is 0.766. The van der Waals surface area contributed by atoms with E-state index in [9.17, 15) is 4.79 Å². The average molecular weight is 193 g/mol. The van der Waals surface area contributed by atoms with E-state index in [2.05, 4.69) is 0 Å². The third kappa shape index (κ3) is 2.85. The van der Waals surface area contributed by atoms with E-state index in [-0.39, 0.29) is 18.4 Å². The fraction of sp³-hybridized carbons (Fsp3) is 0.364. The lowest BCUT2D eigenvalue weighted by molar-refractivity contribution is -0.138. The zero-order chi connectivity index (χ0) is 10.6. The summed E-state index contributed by atoms with van der Waals surface area (Å²) < 4.78 is 0. The van der Waals surface area contributed by atoms with Crippen LogP contribution in [0.25, 0.3) is 0 Å². The van der Waals surface area contributed by atoms with Gasteiger partial charge < -0.3 is 10.8 Å². The summed E-state index contributed by atoms with van der Waals surface area (Å²) in [5, 5.41) is 8.62. The lowest BCUT2D eigenvalue weighted by Gasteiger charge is -2.18. The summed E-state index contributed by atoms with van der Waals surface area (Å²) in [4.78, 5) is 10.5. The Bertz CT molecular complexity index is 297. The molecule has 0 amide bonds. The summed E-state index contributed by atoms with van der Waals surface area (Å²) in [6, 6.07) is 9.36. The third-order valence-corrected chi connectivity index (χ3v) is 2.29. The molecule has 0 fully saturated rings. The Hall–Kier alpha value is -1.35. The first-order valence-corrected chi connectivity index (χ1v) is 4.63. The van der Waals surface area contributed by atoms with Crippen molar-refractivity contribution in [3.63, 3.8) is 0 Å². The first kappa shape index (κ1) is 10.7. The first-order valence-electron chi connectivity index (χ1n) is 4.63. The van der Waals surface area contributed by atoms with Crippen molar-refractivity contribution < 1.29 is 9.90 Å². The van der Waals surface area contributed by atoms with E-state index in [1.54, 1.807) is 0 Å². The molecule has 0 spiro atoms. The summed E-state index contributed by atoms with van der Waals surface area (Å²) >= 11 is 0. The molecule has 0 aliphatic carbocycles. The molecule has 1 rings (SSSR count). The van der Waals surface area contributed by atoms with E-state index in [1.807, 2.05) is 37.3 Å². The summed E-state index contributed by atoms with van der Waals surface area (Å²) in [5.41, 5.74) is 6.91. The summed E-state index contributed by atoms with van der Waals surface area (Å²) in [6.45, 7) is 1.85.